The molecule has 1 aliphatic rings. The lowest BCUT2D eigenvalue weighted by molar-refractivity contribution is -0.112. The molecule has 0 aliphatic carbocycles. The molecule has 0 bridgehead atoms. The van der Waals surface area contributed by atoms with Crippen LogP contribution in [0.2, 0.25) is 0 Å². The van der Waals surface area contributed by atoms with E-state index in [1.807, 2.05) is 42.2 Å². The molecule has 0 aromatic heterocycles. The SMILES string of the molecule is CCN1C(=O)/C(=C\c2cc(C(C)C)c(OC)cc2C)c2ccccc21. The normalized spacial score (nSPS) is 15.2. The molecule has 0 atom stereocenters. The number of amides is 1. The predicted molar refractivity (Wildman–Crippen MR) is 104 cm³/mol. The van der Waals surface area contributed by atoms with E-state index in [2.05, 4.69) is 32.9 Å². The number of aryl methyl sites for hydroxylation is 1. The van der Waals surface area contributed by atoms with Crippen LogP contribution in [-0.2, 0) is 4.79 Å². The zero-order chi connectivity index (χ0) is 18.1. The average molecular weight is 335 g/mol. The number of nitrogens with zero attached hydrogens (tertiary/aromatic N) is 1. The van der Waals surface area contributed by atoms with Crippen molar-refractivity contribution >= 4 is 23.2 Å². The zero-order valence-electron chi connectivity index (χ0n) is 15.6. The van der Waals surface area contributed by atoms with Crippen molar-refractivity contribution in [2.75, 3.05) is 18.6 Å². The van der Waals surface area contributed by atoms with Crippen LogP contribution in [0.5, 0.6) is 5.75 Å². The van der Waals surface area contributed by atoms with Gasteiger partial charge in [-0.05, 0) is 60.7 Å². The van der Waals surface area contributed by atoms with Gasteiger partial charge in [0.1, 0.15) is 5.75 Å². The Morgan fingerprint density at radius 1 is 1.20 bits per heavy atom. The van der Waals surface area contributed by atoms with Crippen molar-refractivity contribution < 1.29 is 9.53 Å². The molecular formula is C22H25NO2. The summed E-state index contributed by atoms with van der Waals surface area (Å²) in [5.41, 5.74) is 6.10. The summed E-state index contributed by atoms with van der Waals surface area (Å²) in [7, 11) is 1.70. The van der Waals surface area contributed by atoms with Crippen molar-refractivity contribution in [3.63, 3.8) is 0 Å². The van der Waals surface area contributed by atoms with Gasteiger partial charge in [0.25, 0.3) is 5.91 Å². The summed E-state index contributed by atoms with van der Waals surface area (Å²) in [6, 6.07) is 12.2. The number of ether oxygens (including phenoxy) is 1. The summed E-state index contributed by atoms with van der Waals surface area (Å²) in [6.45, 7) is 9.04. The van der Waals surface area contributed by atoms with Gasteiger partial charge in [0.2, 0.25) is 0 Å². The minimum absolute atomic E-state index is 0.0741. The third-order valence-electron chi connectivity index (χ3n) is 4.82. The number of carbonyl (C=O) groups is 1. The Kier molecular flexibility index (Phi) is 4.67. The molecule has 0 N–H and O–H groups in total. The molecule has 2 aromatic carbocycles. The quantitative estimate of drug-likeness (QED) is 0.733. The summed E-state index contributed by atoms with van der Waals surface area (Å²) in [5, 5.41) is 0. The van der Waals surface area contributed by atoms with Gasteiger partial charge in [0.05, 0.1) is 12.8 Å². The molecule has 1 amide bonds. The summed E-state index contributed by atoms with van der Waals surface area (Å²) < 4.78 is 5.53. The maximum atomic E-state index is 12.9. The van der Waals surface area contributed by atoms with Gasteiger partial charge in [-0.3, -0.25) is 4.79 Å². The van der Waals surface area contributed by atoms with Crippen molar-refractivity contribution in [3.8, 4) is 5.75 Å². The number of hydrogen-bond donors (Lipinski definition) is 0. The molecule has 0 spiro atoms. The Labute approximate surface area is 149 Å². The monoisotopic (exact) mass is 335 g/mol. The van der Waals surface area contributed by atoms with Crippen LogP contribution in [0.25, 0.3) is 11.6 Å². The van der Waals surface area contributed by atoms with Gasteiger partial charge in [0, 0.05) is 17.7 Å². The highest BCUT2D eigenvalue weighted by Gasteiger charge is 2.30. The highest BCUT2D eigenvalue weighted by atomic mass is 16.5. The Balaban J connectivity index is 2.15. The molecular weight excluding hydrogens is 310 g/mol. The Morgan fingerprint density at radius 2 is 1.92 bits per heavy atom. The van der Waals surface area contributed by atoms with Crippen molar-refractivity contribution in [2.24, 2.45) is 0 Å². The molecule has 25 heavy (non-hydrogen) atoms. The van der Waals surface area contributed by atoms with Crippen LogP contribution in [0.15, 0.2) is 36.4 Å². The van der Waals surface area contributed by atoms with Crippen LogP contribution in [-0.4, -0.2) is 19.6 Å². The van der Waals surface area contributed by atoms with Crippen molar-refractivity contribution in [2.45, 2.75) is 33.6 Å². The van der Waals surface area contributed by atoms with Crippen LogP contribution in [0.3, 0.4) is 0 Å². The average Bonchev–Trinajstić information content (AvgIpc) is 2.87. The molecule has 3 heteroatoms. The fourth-order valence-corrected chi connectivity index (χ4v) is 3.41. The first-order chi connectivity index (χ1) is 12.0. The maximum Gasteiger partial charge on any atom is 0.258 e. The van der Waals surface area contributed by atoms with E-state index in [4.69, 9.17) is 4.74 Å². The molecule has 0 saturated heterocycles. The summed E-state index contributed by atoms with van der Waals surface area (Å²) >= 11 is 0. The second kappa shape index (κ2) is 6.75. The number of methoxy groups -OCH3 is 1. The van der Waals surface area contributed by atoms with Crippen LogP contribution in [0, 0.1) is 6.92 Å². The smallest absolute Gasteiger partial charge is 0.258 e. The summed E-state index contributed by atoms with van der Waals surface area (Å²) in [5.74, 6) is 1.33. The van der Waals surface area contributed by atoms with Crippen LogP contribution in [0.1, 0.15) is 48.9 Å². The molecule has 1 heterocycles. The first-order valence-corrected chi connectivity index (χ1v) is 8.79. The number of hydrogen-bond acceptors (Lipinski definition) is 2. The van der Waals surface area contributed by atoms with Gasteiger partial charge in [0.15, 0.2) is 0 Å². The largest absolute Gasteiger partial charge is 0.496 e. The van der Waals surface area contributed by atoms with Crippen LogP contribution in [0.4, 0.5) is 5.69 Å². The first-order valence-electron chi connectivity index (χ1n) is 8.79. The fourth-order valence-electron chi connectivity index (χ4n) is 3.41. The van der Waals surface area contributed by atoms with Crippen molar-refractivity contribution in [1.29, 1.82) is 0 Å². The van der Waals surface area contributed by atoms with Gasteiger partial charge in [-0.15, -0.1) is 0 Å². The number of rotatable bonds is 4. The molecule has 3 rings (SSSR count). The van der Waals surface area contributed by atoms with Crippen LogP contribution < -0.4 is 9.64 Å². The van der Waals surface area contributed by atoms with Gasteiger partial charge in [-0.1, -0.05) is 32.0 Å². The van der Waals surface area contributed by atoms with E-state index in [9.17, 15) is 4.79 Å². The molecule has 1 aliphatic heterocycles. The Morgan fingerprint density at radius 3 is 2.56 bits per heavy atom. The van der Waals surface area contributed by atoms with Crippen molar-refractivity contribution in [3.05, 3.63) is 58.7 Å². The van der Waals surface area contributed by atoms with Gasteiger partial charge < -0.3 is 9.64 Å². The number of fused-ring (bicyclic) bond motifs is 1. The van der Waals surface area contributed by atoms with Gasteiger partial charge >= 0.3 is 0 Å². The van der Waals surface area contributed by atoms with E-state index in [0.29, 0.717) is 12.5 Å². The van der Waals surface area contributed by atoms with Gasteiger partial charge in [-0.25, -0.2) is 0 Å². The predicted octanol–water partition coefficient (Wildman–Crippen LogP) is 5.03. The lowest BCUT2D eigenvalue weighted by atomic mass is 9.94. The van der Waals surface area contributed by atoms with E-state index < -0.39 is 0 Å². The molecule has 0 fully saturated rings. The maximum absolute atomic E-state index is 12.9. The Bertz CT molecular complexity index is 849. The summed E-state index contributed by atoms with van der Waals surface area (Å²) in [6.07, 6.45) is 2.03. The van der Waals surface area contributed by atoms with E-state index in [1.165, 1.54) is 0 Å². The summed E-state index contributed by atoms with van der Waals surface area (Å²) in [4.78, 5) is 14.7. The second-order valence-electron chi connectivity index (χ2n) is 6.73. The molecule has 0 unspecified atom stereocenters. The highest BCUT2D eigenvalue weighted by Crippen LogP contribution is 2.38. The molecule has 2 aromatic rings. The number of para-hydroxylation sites is 1. The van der Waals surface area contributed by atoms with E-state index in [-0.39, 0.29) is 5.91 Å². The number of carbonyl (C=O) groups excluding carboxylic acids is 1. The highest BCUT2D eigenvalue weighted by molar-refractivity contribution is 6.35. The molecule has 0 radical (unpaired) electrons. The van der Waals surface area contributed by atoms with E-state index >= 15 is 0 Å². The van der Waals surface area contributed by atoms with Crippen LogP contribution >= 0.6 is 0 Å². The topological polar surface area (TPSA) is 29.5 Å². The second-order valence-corrected chi connectivity index (χ2v) is 6.73. The third kappa shape index (κ3) is 2.95. The van der Waals surface area contributed by atoms with E-state index in [1.54, 1.807) is 7.11 Å². The lowest BCUT2D eigenvalue weighted by Crippen LogP contribution is -2.25. The first kappa shape index (κ1) is 17.3. The Hall–Kier alpha value is -2.55. The fraction of sp³-hybridized carbons (Fsp3) is 0.318. The number of likely N-dealkylation sites (N-methyl/N-ethyl adjacent to an activating group) is 1. The van der Waals surface area contributed by atoms with E-state index in [0.717, 1.165) is 39.3 Å². The minimum atomic E-state index is 0.0741. The van der Waals surface area contributed by atoms with Crippen molar-refractivity contribution in [1.82, 2.24) is 0 Å². The number of anilines is 1. The molecule has 3 nitrogen and oxygen atoms in total. The standard InChI is InChI=1S/C22H25NO2/c1-6-23-20-10-8-7-9-17(20)19(22(23)24)13-16-12-18(14(2)3)21(25-5)11-15(16)4/h7-14H,6H2,1-5H3/b19-13-. The van der Waals surface area contributed by atoms with Gasteiger partial charge in [-0.2, -0.15) is 0 Å². The molecule has 130 valence electrons. The lowest BCUT2D eigenvalue weighted by Gasteiger charge is -2.15. The zero-order valence-corrected chi connectivity index (χ0v) is 15.6. The third-order valence-corrected chi connectivity index (χ3v) is 4.82. The number of benzene rings is 2. The minimum Gasteiger partial charge on any atom is -0.496 e. The molecule has 0 saturated carbocycles.